The van der Waals surface area contributed by atoms with Gasteiger partial charge in [0.15, 0.2) is 0 Å². The lowest BCUT2D eigenvalue weighted by molar-refractivity contribution is -0.140. The van der Waals surface area contributed by atoms with Crippen molar-refractivity contribution in [3.63, 3.8) is 0 Å². The van der Waals surface area contributed by atoms with E-state index in [1.807, 2.05) is 0 Å². The van der Waals surface area contributed by atoms with Gasteiger partial charge in [-0.25, -0.2) is 0 Å². The van der Waals surface area contributed by atoms with E-state index in [-0.39, 0.29) is 17.3 Å². The molecule has 1 aromatic rings. The number of carbonyl (C=O) groups is 1. The second-order valence-corrected chi connectivity index (χ2v) is 6.00. The molecule has 0 heterocycles. The van der Waals surface area contributed by atoms with Gasteiger partial charge in [-0.05, 0) is 34.9 Å². The lowest BCUT2D eigenvalue weighted by Crippen LogP contribution is -2.13. The number of carbonyl (C=O) groups excluding carboxylic acids is 1. The fraction of sp³-hybridized carbons (Fsp3) is 0.562. The molecule has 18 heavy (non-hydrogen) atoms. The van der Waals surface area contributed by atoms with Gasteiger partial charge in [0.2, 0.25) is 0 Å². The molecule has 0 amide bonds. The van der Waals surface area contributed by atoms with E-state index in [2.05, 4.69) is 52.8 Å². The lowest BCUT2D eigenvalue weighted by Gasteiger charge is -2.22. The molecule has 0 bridgehead atoms. The Hall–Kier alpha value is -1.31. The Morgan fingerprint density at radius 3 is 2.44 bits per heavy atom. The third kappa shape index (κ3) is 3.59. The van der Waals surface area contributed by atoms with Crippen LogP contribution < -0.4 is 0 Å². The Morgan fingerprint density at radius 1 is 1.33 bits per heavy atom. The summed E-state index contributed by atoms with van der Waals surface area (Å²) >= 11 is 0. The van der Waals surface area contributed by atoms with Crippen molar-refractivity contribution in [1.82, 2.24) is 0 Å². The Balaban J connectivity index is 3.04. The summed E-state index contributed by atoms with van der Waals surface area (Å²) in [5.74, 6) is 0.0443. The number of aryl methyl sites for hydroxylation is 1. The maximum Gasteiger partial charge on any atom is 0.306 e. The molecule has 1 aromatic carbocycles. The molecule has 0 aliphatic rings. The van der Waals surface area contributed by atoms with Crippen LogP contribution in [0.1, 0.15) is 56.7 Å². The highest BCUT2D eigenvalue weighted by Gasteiger charge is 2.18. The van der Waals surface area contributed by atoms with Crippen LogP contribution in [0.3, 0.4) is 0 Å². The first-order valence-corrected chi connectivity index (χ1v) is 6.43. The van der Waals surface area contributed by atoms with Gasteiger partial charge in [-0.1, -0.05) is 45.9 Å². The number of rotatable bonds is 3. The van der Waals surface area contributed by atoms with Gasteiger partial charge in [0.1, 0.15) is 0 Å². The molecule has 0 N–H and O–H groups in total. The molecule has 0 saturated heterocycles. The summed E-state index contributed by atoms with van der Waals surface area (Å²) in [6, 6.07) is 6.54. The number of ether oxygens (including phenoxy) is 1. The van der Waals surface area contributed by atoms with Crippen LogP contribution in [0.25, 0.3) is 0 Å². The highest BCUT2D eigenvalue weighted by Crippen LogP contribution is 2.29. The van der Waals surface area contributed by atoms with Crippen molar-refractivity contribution in [1.29, 1.82) is 0 Å². The van der Waals surface area contributed by atoms with E-state index in [1.54, 1.807) is 0 Å². The monoisotopic (exact) mass is 248 g/mol. The molecular weight excluding hydrogens is 224 g/mol. The fourth-order valence-electron chi connectivity index (χ4n) is 2.08. The smallest absolute Gasteiger partial charge is 0.306 e. The van der Waals surface area contributed by atoms with Crippen LogP contribution in [0.5, 0.6) is 0 Å². The average molecular weight is 248 g/mol. The highest BCUT2D eigenvalue weighted by atomic mass is 16.5. The lowest BCUT2D eigenvalue weighted by atomic mass is 9.83. The summed E-state index contributed by atoms with van der Waals surface area (Å²) in [5.41, 5.74) is 3.92. The predicted molar refractivity (Wildman–Crippen MR) is 74.9 cm³/mol. The zero-order valence-corrected chi connectivity index (χ0v) is 12.3. The van der Waals surface area contributed by atoms with Gasteiger partial charge in [-0.3, -0.25) is 4.79 Å². The zero-order valence-electron chi connectivity index (χ0n) is 12.3. The van der Waals surface area contributed by atoms with Gasteiger partial charge in [0, 0.05) is 0 Å². The quantitative estimate of drug-likeness (QED) is 0.757. The van der Waals surface area contributed by atoms with Crippen molar-refractivity contribution in [3.05, 3.63) is 34.9 Å². The van der Waals surface area contributed by atoms with Gasteiger partial charge in [0.25, 0.3) is 0 Å². The minimum absolute atomic E-state index is 0.132. The summed E-state index contributed by atoms with van der Waals surface area (Å²) in [4.78, 5) is 11.4. The molecule has 100 valence electrons. The Kier molecular flexibility index (Phi) is 4.55. The van der Waals surface area contributed by atoms with E-state index in [1.165, 1.54) is 23.8 Å². The summed E-state index contributed by atoms with van der Waals surface area (Å²) in [7, 11) is 1.44. The normalized spacial score (nSPS) is 13.2. The first-order chi connectivity index (χ1) is 8.25. The van der Waals surface area contributed by atoms with Crippen molar-refractivity contribution in [2.24, 2.45) is 0 Å². The molecule has 1 rings (SSSR count). The number of esters is 1. The van der Waals surface area contributed by atoms with E-state index in [4.69, 9.17) is 4.74 Å². The number of methoxy groups -OCH3 is 1. The maximum atomic E-state index is 11.4. The molecule has 2 nitrogen and oxygen atoms in total. The van der Waals surface area contributed by atoms with Crippen LogP contribution in [-0.2, 0) is 14.9 Å². The van der Waals surface area contributed by atoms with Crippen LogP contribution in [-0.4, -0.2) is 13.1 Å². The van der Waals surface area contributed by atoms with Crippen molar-refractivity contribution in [2.45, 2.75) is 52.4 Å². The molecule has 0 spiro atoms. The largest absolute Gasteiger partial charge is 0.469 e. The van der Waals surface area contributed by atoms with E-state index in [0.29, 0.717) is 6.42 Å². The van der Waals surface area contributed by atoms with E-state index >= 15 is 0 Å². The Bertz CT molecular complexity index is 427. The molecule has 0 aliphatic heterocycles. The van der Waals surface area contributed by atoms with Crippen LogP contribution in [0.15, 0.2) is 18.2 Å². The SMILES string of the molecule is COC(=O)CC(C)c1cc(C(C)(C)C)ccc1C. The van der Waals surface area contributed by atoms with Crippen molar-refractivity contribution in [2.75, 3.05) is 7.11 Å². The van der Waals surface area contributed by atoms with Gasteiger partial charge in [-0.2, -0.15) is 0 Å². The summed E-state index contributed by atoms with van der Waals surface area (Å²) in [6.07, 6.45) is 0.435. The number of benzene rings is 1. The molecular formula is C16H24O2. The molecule has 0 saturated carbocycles. The minimum Gasteiger partial charge on any atom is -0.469 e. The van der Waals surface area contributed by atoms with E-state index in [0.717, 1.165) is 0 Å². The van der Waals surface area contributed by atoms with E-state index in [9.17, 15) is 4.79 Å². The topological polar surface area (TPSA) is 26.3 Å². The summed E-state index contributed by atoms with van der Waals surface area (Å²) in [6.45, 7) is 10.8. The molecule has 0 aromatic heterocycles. The molecule has 1 unspecified atom stereocenters. The second kappa shape index (κ2) is 5.55. The molecule has 0 radical (unpaired) electrons. The van der Waals surface area contributed by atoms with Gasteiger partial charge >= 0.3 is 5.97 Å². The van der Waals surface area contributed by atoms with Gasteiger partial charge < -0.3 is 4.74 Å². The average Bonchev–Trinajstić information content (AvgIpc) is 2.27. The van der Waals surface area contributed by atoms with Crippen LogP contribution >= 0.6 is 0 Å². The standard InChI is InChI=1S/C16H24O2/c1-11-7-8-13(16(3,4)5)10-14(11)12(2)9-15(17)18-6/h7-8,10,12H,9H2,1-6H3. The molecule has 0 fully saturated rings. The van der Waals surface area contributed by atoms with Crippen molar-refractivity contribution >= 4 is 5.97 Å². The Morgan fingerprint density at radius 2 is 1.94 bits per heavy atom. The van der Waals surface area contributed by atoms with Crippen LogP contribution in [0.4, 0.5) is 0 Å². The van der Waals surface area contributed by atoms with Crippen LogP contribution in [0, 0.1) is 6.92 Å². The number of hydrogen-bond donors (Lipinski definition) is 0. The van der Waals surface area contributed by atoms with E-state index < -0.39 is 0 Å². The third-order valence-corrected chi connectivity index (χ3v) is 3.38. The van der Waals surface area contributed by atoms with Crippen molar-refractivity contribution in [3.8, 4) is 0 Å². The minimum atomic E-state index is -0.150. The van der Waals surface area contributed by atoms with Gasteiger partial charge in [-0.15, -0.1) is 0 Å². The number of hydrogen-bond acceptors (Lipinski definition) is 2. The van der Waals surface area contributed by atoms with Crippen molar-refractivity contribution < 1.29 is 9.53 Å². The summed E-state index contributed by atoms with van der Waals surface area (Å²) in [5, 5.41) is 0. The second-order valence-electron chi connectivity index (χ2n) is 6.00. The highest BCUT2D eigenvalue weighted by molar-refractivity contribution is 5.70. The van der Waals surface area contributed by atoms with Crippen LogP contribution in [0.2, 0.25) is 0 Å². The zero-order chi connectivity index (χ0) is 13.9. The van der Waals surface area contributed by atoms with Gasteiger partial charge in [0.05, 0.1) is 13.5 Å². The fourth-order valence-corrected chi connectivity index (χ4v) is 2.08. The molecule has 0 aliphatic carbocycles. The first-order valence-electron chi connectivity index (χ1n) is 6.43. The Labute approximate surface area is 110 Å². The predicted octanol–water partition coefficient (Wildman–Crippen LogP) is 3.96. The summed E-state index contributed by atoms with van der Waals surface area (Å²) < 4.78 is 4.74. The molecule has 2 heteroatoms. The first kappa shape index (κ1) is 14.7. The molecule has 1 atom stereocenters. The third-order valence-electron chi connectivity index (χ3n) is 3.38. The maximum absolute atomic E-state index is 11.4.